The van der Waals surface area contributed by atoms with Crippen LogP contribution >= 0.6 is 23.4 Å². The first kappa shape index (κ1) is 19.5. The van der Waals surface area contributed by atoms with Gasteiger partial charge in [0.15, 0.2) is 16.6 Å². The van der Waals surface area contributed by atoms with Gasteiger partial charge in [-0.1, -0.05) is 54.6 Å². The zero-order valence-corrected chi connectivity index (χ0v) is 17.3. The van der Waals surface area contributed by atoms with E-state index in [4.69, 9.17) is 16.3 Å². The van der Waals surface area contributed by atoms with Crippen molar-refractivity contribution in [1.29, 1.82) is 0 Å². The van der Waals surface area contributed by atoms with Crippen molar-refractivity contribution in [3.05, 3.63) is 75.5 Å². The Morgan fingerprint density at radius 1 is 1.14 bits per heavy atom. The monoisotopic (exact) mass is 426 g/mol. The van der Waals surface area contributed by atoms with Crippen LogP contribution in [0, 0.1) is 0 Å². The maximum atomic E-state index is 11.8. The van der Waals surface area contributed by atoms with E-state index in [0.717, 1.165) is 17.7 Å². The number of nitrogens with zero attached hydrogens (tertiary/aromatic N) is 3. The molecule has 2 heterocycles. The van der Waals surface area contributed by atoms with Crippen molar-refractivity contribution >= 4 is 29.0 Å². The van der Waals surface area contributed by atoms with E-state index < -0.39 is 0 Å². The SMILES string of the molecule is CCc1ccc(OCCSc2nc(-c3ccccc3Cl)nc3cc(=O)[nH]n23)cc1. The molecule has 0 aliphatic carbocycles. The first-order chi connectivity index (χ1) is 14.1. The lowest BCUT2D eigenvalue weighted by Crippen LogP contribution is -2.07. The fourth-order valence-corrected chi connectivity index (χ4v) is 3.85. The van der Waals surface area contributed by atoms with Crippen molar-refractivity contribution in [3.63, 3.8) is 0 Å². The summed E-state index contributed by atoms with van der Waals surface area (Å²) in [5, 5.41) is 3.92. The van der Waals surface area contributed by atoms with E-state index >= 15 is 0 Å². The van der Waals surface area contributed by atoms with Crippen LogP contribution in [-0.2, 0) is 6.42 Å². The molecule has 29 heavy (non-hydrogen) atoms. The van der Waals surface area contributed by atoms with Gasteiger partial charge in [-0.2, -0.15) is 0 Å². The van der Waals surface area contributed by atoms with E-state index in [1.54, 1.807) is 10.6 Å². The molecule has 0 radical (unpaired) electrons. The zero-order chi connectivity index (χ0) is 20.2. The van der Waals surface area contributed by atoms with Crippen LogP contribution in [0.4, 0.5) is 0 Å². The molecule has 2 aromatic heterocycles. The molecular formula is C21H19ClN4O2S. The van der Waals surface area contributed by atoms with Crippen LogP contribution in [0.25, 0.3) is 17.0 Å². The highest BCUT2D eigenvalue weighted by Gasteiger charge is 2.13. The Hall–Kier alpha value is -2.77. The summed E-state index contributed by atoms with van der Waals surface area (Å²) in [6, 6.07) is 16.9. The van der Waals surface area contributed by atoms with Crippen molar-refractivity contribution in [2.24, 2.45) is 0 Å². The maximum Gasteiger partial charge on any atom is 0.266 e. The summed E-state index contributed by atoms with van der Waals surface area (Å²) in [6.07, 6.45) is 1.00. The van der Waals surface area contributed by atoms with Gasteiger partial charge >= 0.3 is 0 Å². The van der Waals surface area contributed by atoms with Gasteiger partial charge in [-0.3, -0.25) is 9.89 Å². The van der Waals surface area contributed by atoms with Gasteiger partial charge < -0.3 is 4.74 Å². The molecule has 0 saturated heterocycles. The van der Waals surface area contributed by atoms with Gasteiger partial charge in [-0.25, -0.2) is 14.5 Å². The second-order valence-corrected chi connectivity index (χ2v) is 7.79. The number of fused-ring (bicyclic) bond motifs is 1. The van der Waals surface area contributed by atoms with Gasteiger partial charge in [0.05, 0.1) is 11.6 Å². The number of ether oxygens (including phenoxy) is 1. The number of aryl methyl sites for hydroxylation is 1. The molecular weight excluding hydrogens is 408 g/mol. The molecule has 0 fully saturated rings. The average molecular weight is 427 g/mol. The van der Waals surface area contributed by atoms with Gasteiger partial charge in [0.25, 0.3) is 5.56 Å². The summed E-state index contributed by atoms with van der Waals surface area (Å²) in [7, 11) is 0. The van der Waals surface area contributed by atoms with Crippen LogP contribution in [0.15, 0.2) is 64.5 Å². The molecule has 0 aliphatic rings. The fraction of sp³-hybridized carbons (Fsp3) is 0.190. The number of hydrogen-bond donors (Lipinski definition) is 1. The number of aromatic amines is 1. The Bertz CT molecular complexity index is 1190. The van der Waals surface area contributed by atoms with Crippen molar-refractivity contribution in [2.45, 2.75) is 18.5 Å². The molecule has 2 aromatic carbocycles. The van der Waals surface area contributed by atoms with Crippen LogP contribution < -0.4 is 10.3 Å². The van der Waals surface area contributed by atoms with E-state index in [9.17, 15) is 4.79 Å². The lowest BCUT2D eigenvalue weighted by molar-refractivity contribution is 0.343. The predicted molar refractivity (Wildman–Crippen MR) is 116 cm³/mol. The van der Waals surface area contributed by atoms with Crippen LogP contribution in [0.1, 0.15) is 12.5 Å². The van der Waals surface area contributed by atoms with E-state index in [1.807, 2.05) is 30.3 Å². The van der Waals surface area contributed by atoms with Gasteiger partial charge in [0, 0.05) is 17.4 Å². The third-order valence-electron chi connectivity index (χ3n) is 4.35. The largest absolute Gasteiger partial charge is 0.493 e. The van der Waals surface area contributed by atoms with Crippen molar-refractivity contribution in [2.75, 3.05) is 12.4 Å². The first-order valence-electron chi connectivity index (χ1n) is 9.23. The normalized spacial score (nSPS) is 11.1. The minimum absolute atomic E-state index is 0.232. The van der Waals surface area contributed by atoms with E-state index in [1.165, 1.54) is 23.4 Å². The zero-order valence-electron chi connectivity index (χ0n) is 15.8. The van der Waals surface area contributed by atoms with Crippen LogP contribution in [0.3, 0.4) is 0 Å². The summed E-state index contributed by atoms with van der Waals surface area (Å²) in [5.74, 6) is 1.97. The summed E-state index contributed by atoms with van der Waals surface area (Å²) >= 11 is 7.78. The molecule has 0 aliphatic heterocycles. The Labute approximate surface area is 176 Å². The summed E-state index contributed by atoms with van der Waals surface area (Å²) in [5.41, 5.74) is 2.27. The molecule has 8 heteroatoms. The van der Waals surface area contributed by atoms with Crippen molar-refractivity contribution in [1.82, 2.24) is 19.6 Å². The molecule has 4 rings (SSSR count). The topological polar surface area (TPSA) is 72.3 Å². The molecule has 0 bridgehead atoms. The highest BCUT2D eigenvalue weighted by atomic mass is 35.5. The number of benzene rings is 2. The van der Waals surface area contributed by atoms with E-state index in [2.05, 4.69) is 34.1 Å². The summed E-state index contributed by atoms with van der Waals surface area (Å²) in [4.78, 5) is 20.9. The summed E-state index contributed by atoms with van der Waals surface area (Å²) < 4.78 is 7.40. The van der Waals surface area contributed by atoms with Gasteiger partial charge in [0.1, 0.15) is 5.75 Å². The lowest BCUT2D eigenvalue weighted by atomic mass is 10.2. The molecule has 1 N–H and O–H groups in total. The molecule has 148 valence electrons. The van der Waals surface area contributed by atoms with Gasteiger partial charge in [0.2, 0.25) is 0 Å². The Kier molecular flexibility index (Phi) is 5.87. The Morgan fingerprint density at radius 2 is 1.93 bits per heavy atom. The van der Waals surface area contributed by atoms with Crippen LogP contribution in [0.5, 0.6) is 5.75 Å². The van der Waals surface area contributed by atoms with E-state index in [-0.39, 0.29) is 5.56 Å². The standard InChI is InChI=1S/C21H19ClN4O2S/c1-2-14-7-9-15(10-8-14)28-11-12-29-21-24-20(16-5-3-4-6-17(16)22)23-18-13-19(27)25-26(18)21/h3-10,13H,2,11-12H2,1H3,(H,25,27). The number of thioether (sulfide) groups is 1. The van der Waals surface area contributed by atoms with Crippen LogP contribution in [0.2, 0.25) is 5.02 Å². The van der Waals surface area contributed by atoms with Crippen LogP contribution in [-0.4, -0.2) is 31.9 Å². The number of H-pyrrole nitrogens is 1. The molecule has 4 aromatic rings. The smallest absolute Gasteiger partial charge is 0.266 e. The number of rotatable bonds is 7. The third kappa shape index (κ3) is 4.46. The number of halogens is 1. The minimum Gasteiger partial charge on any atom is -0.493 e. The molecule has 0 atom stereocenters. The molecule has 0 amide bonds. The fourth-order valence-electron chi connectivity index (χ4n) is 2.86. The number of aromatic nitrogens is 4. The maximum absolute atomic E-state index is 11.8. The Morgan fingerprint density at radius 3 is 2.69 bits per heavy atom. The van der Waals surface area contributed by atoms with Gasteiger partial charge in [-0.05, 0) is 36.2 Å². The Balaban J connectivity index is 1.52. The molecule has 6 nitrogen and oxygen atoms in total. The highest BCUT2D eigenvalue weighted by molar-refractivity contribution is 7.99. The van der Waals surface area contributed by atoms with E-state index in [0.29, 0.717) is 34.0 Å². The average Bonchev–Trinajstić information content (AvgIpc) is 3.12. The summed E-state index contributed by atoms with van der Waals surface area (Å²) in [6.45, 7) is 2.63. The van der Waals surface area contributed by atoms with Crippen molar-refractivity contribution < 1.29 is 4.74 Å². The third-order valence-corrected chi connectivity index (χ3v) is 5.59. The number of nitrogens with one attached hydrogen (secondary N) is 1. The highest BCUT2D eigenvalue weighted by Crippen LogP contribution is 2.27. The second kappa shape index (κ2) is 8.71. The van der Waals surface area contributed by atoms with Gasteiger partial charge in [-0.15, -0.1) is 0 Å². The quantitative estimate of drug-likeness (QED) is 0.348. The molecule has 0 spiro atoms. The molecule has 0 unspecified atom stereocenters. The predicted octanol–water partition coefficient (Wildman–Crippen LogP) is 4.47. The number of hydrogen-bond acceptors (Lipinski definition) is 5. The first-order valence-corrected chi connectivity index (χ1v) is 10.6. The lowest BCUT2D eigenvalue weighted by Gasteiger charge is -2.09. The molecule has 0 saturated carbocycles. The second-order valence-electron chi connectivity index (χ2n) is 6.32. The minimum atomic E-state index is -0.232. The van der Waals surface area contributed by atoms with Crippen molar-refractivity contribution in [3.8, 4) is 17.1 Å².